The first kappa shape index (κ1) is 17.0. The predicted molar refractivity (Wildman–Crippen MR) is 92.6 cm³/mol. The van der Waals surface area contributed by atoms with Crippen molar-refractivity contribution in [3.63, 3.8) is 0 Å². The number of nitrogens with one attached hydrogen (secondary N) is 1. The molecule has 4 nitrogen and oxygen atoms in total. The van der Waals surface area contributed by atoms with Gasteiger partial charge in [-0.3, -0.25) is 9.59 Å². The van der Waals surface area contributed by atoms with Crippen molar-refractivity contribution in [1.82, 2.24) is 4.90 Å². The quantitative estimate of drug-likeness (QED) is 0.824. The summed E-state index contributed by atoms with van der Waals surface area (Å²) in [7, 11) is 1.74. The van der Waals surface area contributed by atoms with Gasteiger partial charge >= 0.3 is 0 Å². The summed E-state index contributed by atoms with van der Waals surface area (Å²) in [6.45, 7) is 0.504. The lowest BCUT2D eigenvalue weighted by molar-refractivity contribution is -0.115. The molecule has 0 heterocycles. The highest BCUT2D eigenvalue weighted by atomic mass is 35.5. The Kier molecular flexibility index (Phi) is 6.18. The van der Waals surface area contributed by atoms with Gasteiger partial charge < -0.3 is 10.2 Å². The SMILES string of the molecule is CN(Cc1ccccc1)C(=O)c1ccccc1NC(=O)CCCl. The normalized spacial score (nSPS) is 10.2. The third kappa shape index (κ3) is 4.83. The molecule has 2 amide bonds. The zero-order valence-corrected chi connectivity index (χ0v) is 13.7. The molecule has 0 aliphatic rings. The number of carbonyl (C=O) groups is 2. The molecule has 0 bridgehead atoms. The Morgan fingerprint density at radius 2 is 1.70 bits per heavy atom. The maximum absolute atomic E-state index is 12.7. The Morgan fingerprint density at radius 1 is 1.04 bits per heavy atom. The summed E-state index contributed by atoms with van der Waals surface area (Å²) in [5.74, 6) is -0.0999. The number of hydrogen-bond acceptors (Lipinski definition) is 2. The lowest BCUT2D eigenvalue weighted by Crippen LogP contribution is -2.27. The van der Waals surface area contributed by atoms with Gasteiger partial charge in [-0.15, -0.1) is 11.6 Å². The standard InChI is InChI=1S/C18H19ClN2O2/c1-21(13-14-7-3-2-4-8-14)18(23)15-9-5-6-10-16(15)20-17(22)11-12-19/h2-10H,11-13H2,1H3,(H,20,22). The summed E-state index contributed by atoms with van der Waals surface area (Å²) < 4.78 is 0. The fraction of sp³-hybridized carbons (Fsp3) is 0.222. The summed E-state index contributed by atoms with van der Waals surface area (Å²) in [4.78, 5) is 26.0. The molecule has 0 saturated carbocycles. The van der Waals surface area contributed by atoms with E-state index in [1.165, 1.54) is 0 Å². The highest BCUT2D eigenvalue weighted by Crippen LogP contribution is 2.18. The van der Waals surface area contributed by atoms with Gasteiger partial charge in [0.25, 0.3) is 5.91 Å². The Morgan fingerprint density at radius 3 is 2.39 bits per heavy atom. The molecule has 1 N–H and O–H groups in total. The van der Waals surface area contributed by atoms with Crippen LogP contribution in [0.25, 0.3) is 0 Å². The molecule has 120 valence electrons. The van der Waals surface area contributed by atoms with Gasteiger partial charge in [-0.05, 0) is 17.7 Å². The van der Waals surface area contributed by atoms with Gasteiger partial charge in [-0.2, -0.15) is 0 Å². The topological polar surface area (TPSA) is 49.4 Å². The average Bonchev–Trinajstić information content (AvgIpc) is 2.56. The Hall–Kier alpha value is -2.33. The maximum Gasteiger partial charge on any atom is 0.256 e. The van der Waals surface area contributed by atoms with Crippen LogP contribution in [0.4, 0.5) is 5.69 Å². The molecule has 0 aromatic heterocycles. The number of halogens is 1. The van der Waals surface area contributed by atoms with E-state index < -0.39 is 0 Å². The molecule has 0 aliphatic carbocycles. The number of nitrogens with zero attached hydrogens (tertiary/aromatic N) is 1. The molecule has 2 aromatic carbocycles. The molecule has 2 rings (SSSR count). The van der Waals surface area contributed by atoms with Gasteiger partial charge in [0.2, 0.25) is 5.91 Å². The fourth-order valence-corrected chi connectivity index (χ4v) is 2.38. The van der Waals surface area contributed by atoms with Crippen LogP contribution in [0.15, 0.2) is 54.6 Å². The van der Waals surface area contributed by atoms with Gasteiger partial charge in [0.15, 0.2) is 0 Å². The van der Waals surface area contributed by atoms with Crippen molar-refractivity contribution >= 4 is 29.1 Å². The van der Waals surface area contributed by atoms with Crippen molar-refractivity contribution in [3.8, 4) is 0 Å². The van der Waals surface area contributed by atoms with Crippen LogP contribution < -0.4 is 5.32 Å². The van der Waals surface area contributed by atoms with E-state index >= 15 is 0 Å². The molecule has 5 heteroatoms. The van der Waals surface area contributed by atoms with Crippen LogP contribution in [0.2, 0.25) is 0 Å². The minimum atomic E-state index is -0.203. The number of hydrogen-bond donors (Lipinski definition) is 1. The third-order valence-corrected chi connectivity index (χ3v) is 3.55. The van der Waals surface area contributed by atoms with Crippen LogP contribution in [0.1, 0.15) is 22.3 Å². The van der Waals surface area contributed by atoms with Crippen LogP contribution in [-0.2, 0) is 11.3 Å². The van der Waals surface area contributed by atoms with Crippen molar-refractivity contribution in [2.45, 2.75) is 13.0 Å². The van der Waals surface area contributed by atoms with Crippen LogP contribution in [0.3, 0.4) is 0 Å². The zero-order chi connectivity index (χ0) is 16.7. The maximum atomic E-state index is 12.7. The summed E-state index contributed by atoms with van der Waals surface area (Å²) in [5, 5.41) is 2.74. The van der Waals surface area contributed by atoms with E-state index in [1.807, 2.05) is 30.3 Å². The van der Waals surface area contributed by atoms with E-state index in [-0.39, 0.29) is 24.1 Å². The van der Waals surface area contributed by atoms with Gasteiger partial charge in [-0.1, -0.05) is 42.5 Å². The first-order valence-corrected chi connectivity index (χ1v) is 7.89. The fourth-order valence-electron chi connectivity index (χ4n) is 2.21. The largest absolute Gasteiger partial charge is 0.337 e. The number of amides is 2. The van der Waals surface area contributed by atoms with E-state index in [4.69, 9.17) is 11.6 Å². The van der Waals surface area contributed by atoms with E-state index in [1.54, 1.807) is 36.2 Å². The zero-order valence-electron chi connectivity index (χ0n) is 13.0. The Labute approximate surface area is 141 Å². The lowest BCUT2D eigenvalue weighted by Gasteiger charge is -2.19. The first-order chi connectivity index (χ1) is 11.1. The molecule has 0 unspecified atom stereocenters. The molecule has 23 heavy (non-hydrogen) atoms. The monoisotopic (exact) mass is 330 g/mol. The van der Waals surface area contributed by atoms with Crippen LogP contribution >= 0.6 is 11.6 Å². The minimum absolute atomic E-state index is 0.143. The summed E-state index contributed by atoms with van der Waals surface area (Å²) in [6.07, 6.45) is 0.212. The summed E-state index contributed by atoms with van der Waals surface area (Å²) >= 11 is 5.57. The van der Waals surface area contributed by atoms with Gasteiger partial charge in [0.1, 0.15) is 0 Å². The molecule has 0 aliphatic heterocycles. The van der Waals surface area contributed by atoms with E-state index in [0.717, 1.165) is 5.56 Å². The molecule has 0 radical (unpaired) electrons. The second-order valence-corrected chi connectivity index (χ2v) is 5.56. The Bertz CT molecular complexity index is 674. The Balaban J connectivity index is 2.13. The highest BCUT2D eigenvalue weighted by Gasteiger charge is 2.16. The van der Waals surface area contributed by atoms with E-state index in [0.29, 0.717) is 17.8 Å². The second-order valence-electron chi connectivity index (χ2n) is 5.18. The average molecular weight is 331 g/mol. The number of benzene rings is 2. The highest BCUT2D eigenvalue weighted by molar-refractivity contribution is 6.19. The van der Waals surface area contributed by atoms with E-state index in [9.17, 15) is 9.59 Å². The minimum Gasteiger partial charge on any atom is -0.337 e. The number of rotatable bonds is 6. The number of para-hydroxylation sites is 1. The number of carbonyl (C=O) groups excluding carboxylic acids is 2. The number of anilines is 1. The summed E-state index contributed by atoms with van der Waals surface area (Å²) in [6, 6.07) is 16.7. The van der Waals surface area contributed by atoms with Crippen molar-refractivity contribution in [1.29, 1.82) is 0 Å². The van der Waals surface area contributed by atoms with Crippen LogP contribution in [0, 0.1) is 0 Å². The molecule has 0 atom stereocenters. The molecule has 0 saturated heterocycles. The number of alkyl halides is 1. The van der Waals surface area contributed by atoms with Crippen molar-refractivity contribution < 1.29 is 9.59 Å². The van der Waals surface area contributed by atoms with Crippen molar-refractivity contribution in [2.24, 2.45) is 0 Å². The molecular weight excluding hydrogens is 312 g/mol. The molecule has 0 fully saturated rings. The lowest BCUT2D eigenvalue weighted by atomic mass is 10.1. The summed E-state index contributed by atoms with van der Waals surface area (Å²) in [5.41, 5.74) is 2.02. The van der Waals surface area contributed by atoms with Crippen LogP contribution in [-0.4, -0.2) is 29.6 Å². The third-order valence-electron chi connectivity index (χ3n) is 3.36. The van der Waals surface area contributed by atoms with Gasteiger partial charge in [0, 0.05) is 25.9 Å². The molecular formula is C18H19ClN2O2. The smallest absolute Gasteiger partial charge is 0.256 e. The van der Waals surface area contributed by atoms with Crippen molar-refractivity contribution in [3.05, 3.63) is 65.7 Å². The van der Waals surface area contributed by atoms with E-state index in [2.05, 4.69) is 5.32 Å². The second kappa shape index (κ2) is 8.34. The van der Waals surface area contributed by atoms with Crippen LogP contribution in [0.5, 0.6) is 0 Å². The predicted octanol–water partition coefficient (Wildman–Crippen LogP) is 3.53. The molecule has 2 aromatic rings. The first-order valence-electron chi connectivity index (χ1n) is 7.36. The van der Waals surface area contributed by atoms with Crippen molar-refractivity contribution in [2.75, 3.05) is 18.2 Å². The van der Waals surface area contributed by atoms with Gasteiger partial charge in [-0.25, -0.2) is 0 Å². The van der Waals surface area contributed by atoms with Gasteiger partial charge in [0.05, 0.1) is 11.3 Å². The molecule has 0 spiro atoms.